The third-order valence-electron chi connectivity index (χ3n) is 3.05. The minimum atomic E-state index is 0.812. The van der Waals surface area contributed by atoms with E-state index >= 15 is 0 Å². The van der Waals surface area contributed by atoms with Crippen LogP contribution in [0.5, 0.6) is 0 Å². The van der Waals surface area contributed by atoms with Crippen LogP contribution in [0.15, 0.2) is 12.2 Å². The van der Waals surface area contributed by atoms with Crippen molar-refractivity contribution in [2.45, 2.75) is 38.6 Å². The Morgan fingerprint density at radius 2 is 2.29 bits per heavy atom. The standard InChI is InChI=1S/C12H24N2/c1-3-4-10-14-11-6-5-7-12(14)8-9-13-2/h3-4,12-13H,5-11H2,1-2H3. The molecule has 1 rings (SSSR count). The van der Waals surface area contributed by atoms with E-state index in [1.165, 1.54) is 32.2 Å². The zero-order valence-electron chi connectivity index (χ0n) is 9.63. The van der Waals surface area contributed by atoms with Crippen molar-refractivity contribution in [1.82, 2.24) is 10.2 Å². The summed E-state index contributed by atoms with van der Waals surface area (Å²) in [7, 11) is 2.04. The number of piperidine rings is 1. The summed E-state index contributed by atoms with van der Waals surface area (Å²) in [4.78, 5) is 2.63. The van der Waals surface area contributed by atoms with Crippen LogP contribution in [0.25, 0.3) is 0 Å². The summed E-state index contributed by atoms with van der Waals surface area (Å²) in [6.45, 7) is 5.69. The summed E-state index contributed by atoms with van der Waals surface area (Å²) in [5, 5.41) is 3.25. The second kappa shape index (κ2) is 7.02. The summed E-state index contributed by atoms with van der Waals surface area (Å²) in [5.74, 6) is 0. The van der Waals surface area contributed by atoms with Crippen molar-refractivity contribution in [1.29, 1.82) is 0 Å². The van der Waals surface area contributed by atoms with Gasteiger partial charge in [0.15, 0.2) is 0 Å². The molecular formula is C12H24N2. The van der Waals surface area contributed by atoms with Crippen LogP contribution in [0.4, 0.5) is 0 Å². The van der Waals surface area contributed by atoms with E-state index in [1.807, 2.05) is 7.05 Å². The monoisotopic (exact) mass is 196 g/mol. The molecule has 0 aromatic rings. The molecule has 0 aromatic carbocycles. The molecule has 0 bridgehead atoms. The molecule has 1 unspecified atom stereocenters. The van der Waals surface area contributed by atoms with Crippen LogP contribution < -0.4 is 5.32 Å². The maximum atomic E-state index is 3.25. The minimum Gasteiger partial charge on any atom is -0.320 e. The fraction of sp³-hybridized carbons (Fsp3) is 0.833. The lowest BCUT2D eigenvalue weighted by atomic mass is 9.99. The largest absolute Gasteiger partial charge is 0.320 e. The highest BCUT2D eigenvalue weighted by Gasteiger charge is 2.20. The highest BCUT2D eigenvalue weighted by Crippen LogP contribution is 2.18. The molecule has 2 heteroatoms. The third kappa shape index (κ3) is 3.81. The average molecular weight is 196 g/mol. The Labute approximate surface area is 88.4 Å². The maximum Gasteiger partial charge on any atom is 0.0166 e. The van der Waals surface area contributed by atoms with Gasteiger partial charge in [0.1, 0.15) is 0 Å². The van der Waals surface area contributed by atoms with Crippen LogP contribution >= 0.6 is 0 Å². The number of likely N-dealkylation sites (tertiary alicyclic amines) is 1. The summed E-state index contributed by atoms with van der Waals surface area (Å²) < 4.78 is 0. The van der Waals surface area contributed by atoms with Crippen molar-refractivity contribution in [2.75, 3.05) is 26.7 Å². The van der Waals surface area contributed by atoms with Gasteiger partial charge < -0.3 is 5.32 Å². The van der Waals surface area contributed by atoms with Crippen LogP contribution in [0.3, 0.4) is 0 Å². The Morgan fingerprint density at radius 1 is 1.43 bits per heavy atom. The topological polar surface area (TPSA) is 15.3 Å². The van der Waals surface area contributed by atoms with Gasteiger partial charge in [-0.05, 0) is 46.3 Å². The number of nitrogens with one attached hydrogen (secondary N) is 1. The van der Waals surface area contributed by atoms with Crippen LogP contribution in [0.1, 0.15) is 32.6 Å². The van der Waals surface area contributed by atoms with E-state index in [4.69, 9.17) is 0 Å². The van der Waals surface area contributed by atoms with Crippen molar-refractivity contribution in [2.24, 2.45) is 0 Å². The van der Waals surface area contributed by atoms with Gasteiger partial charge in [-0.15, -0.1) is 0 Å². The fourth-order valence-corrected chi connectivity index (χ4v) is 2.18. The van der Waals surface area contributed by atoms with E-state index in [0.717, 1.165) is 19.1 Å². The van der Waals surface area contributed by atoms with Gasteiger partial charge in [0, 0.05) is 12.6 Å². The molecule has 1 N–H and O–H groups in total. The number of rotatable bonds is 5. The molecule has 0 aliphatic carbocycles. The van der Waals surface area contributed by atoms with Crippen LogP contribution in [0.2, 0.25) is 0 Å². The van der Waals surface area contributed by atoms with E-state index in [9.17, 15) is 0 Å². The number of nitrogens with zero attached hydrogens (tertiary/aromatic N) is 1. The normalized spacial score (nSPS) is 24.6. The predicted octanol–water partition coefficient (Wildman–Crippen LogP) is 2.03. The first-order valence-corrected chi connectivity index (χ1v) is 5.88. The summed E-state index contributed by atoms with van der Waals surface area (Å²) in [5.41, 5.74) is 0. The zero-order chi connectivity index (χ0) is 10.2. The van der Waals surface area contributed by atoms with Gasteiger partial charge in [-0.2, -0.15) is 0 Å². The van der Waals surface area contributed by atoms with Gasteiger partial charge in [0.2, 0.25) is 0 Å². The molecular weight excluding hydrogens is 172 g/mol. The number of allylic oxidation sites excluding steroid dienone is 1. The van der Waals surface area contributed by atoms with E-state index in [2.05, 4.69) is 29.3 Å². The van der Waals surface area contributed by atoms with E-state index < -0.39 is 0 Å². The average Bonchev–Trinajstić information content (AvgIpc) is 2.24. The number of hydrogen-bond donors (Lipinski definition) is 1. The second-order valence-electron chi connectivity index (χ2n) is 4.11. The third-order valence-corrected chi connectivity index (χ3v) is 3.05. The van der Waals surface area contributed by atoms with E-state index in [1.54, 1.807) is 0 Å². The van der Waals surface area contributed by atoms with Crippen LogP contribution in [0, 0.1) is 0 Å². The van der Waals surface area contributed by atoms with E-state index in [0.29, 0.717) is 0 Å². The molecule has 1 aliphatic rings. The molecule has 0 radical (unpaired) electrons. The van der Waals surface area contributed by atoms with Crippen molar-refractivity contribution in [3.8, 4) is 0 Å². The van der Waals surface area contributed by atoms with Gasteiger partial charge in [-0.1, -0.05) is 18.6 Å². The van der Waals surface area contributed by atoms with Crippen LogP contribution in [-0.4, -0.2) is 37.6 Å². The van der Waals surface area contributed by atoms with Gasteiger partial charge in [-0.25, -0.2) is 0 Å². The fourth-order valence-electron chi connectivity index (χ4n) is 2.18. The summed E-state index contributed by atoms with van der Waals surface area (Å²) >= 11 is 0. The smallest absolute Gasteiger partial charge is 0.0166 e. The van der Waals surface area contributed by atoms with Gasteiger partial charge in [0.25, 0.3) is 0 Å². The Morgan fingerprint density at radius 3 is 3.00 bits per heavy atom. The van der Waals surface area contributed by atoms with Gasteiger partial charge >= 0.3 is 0 Å². The first-order valence-electron chi connectivity index (χ1n) is 5.88. The highest BCUT2D eigenvalue weighted by molar-refractivity contribution is 4.86. The molecule has 14 heavy (non-hydrogen) atoms. The Kier molecular flexibility index (Phi) is 5.88. The lowest BCUT2D eigenvalue weighted by molar-refractivity contribution is 0.156. The summed E-state index contributed by atoms with van der Waals surface area (Å²) in [6.07, 6.45) is 9.92. The molecule has 0 aromatic heterocycles. The molecule has 82 valence electrons. The molecule has 0 spiro atoms. The lowest BCUT2D eigenvalue weighted by Crippen LogP contribution is -2.40. The number of hydrogen-bond acceptors (Lipinski definition) is 2. The van der Waals surface area contributed by atoms with Crippen molar-refractivity contribution in [3.05, 3.63) is 12.2 Å². The molecule has 2 nitrogen and oxygen atoms in total. The molecule has 1 heterocycles. The Bertz CT molecular complexity index is 166. The minimum absolute atomic E-state index is 0.812. The van der Waals surface area contributed by atoms with Crippen LogP contribution in [-0.2, 0) is 0 Å². The Hall–Kier alpha value is -0.340. The highest BCUT2D eigenvalue weighted by atomic mass is 15.2. The second-order valence-corrected chi connectivity index (χ2v) is 4.11. The van der Waals surface area contributed by atoms with Gasteiger partial charge in [-0.3, -0.25) is 4.90 Å². The van der Waals surface area contributed by atoms with Crippen molar-refractivity contribution < 1.29 is 0 Å². The molecule has 0 saturated carbocycles. The first-order chi connectivity index (χ1) is 6.88. The summed E-state index contributed by atoms with van der Waals surface area (Å²) in [6, 6.07) is 0.812. The SMILES string of the molecule is CC=CCN1CCCCC1CCNC. The van der Waals surface area contributed by atoms with Crippen molar-refractivity contribution in [3.63, 3.8) is 0 Å². The maximum absolute atomic E-state index is 3.25. The van der Waals surface area contributed by atoms with Crippen molar-refractivity contribution >= 4 is 0 Å². The molecule has 1 atom stereocenters. The molecule has 1 saturated heterocycles. The molecule has 1 aliphatic heterocycles. The predicted molar refractivity (Wildman–Crippen MR) is 62.6 cm³/mol. The van der Waals surface area contributed by atoms with E-state index in [-0.39, 0.29) is 0 Å². The Balaban J connectivity index is 2.33. The lowest BCUT2D eigenvalue weighted by Gasteiger charge is -2.35. The molecule has 0 amide bonds. The first kappa shape index (κ1) is 11.7. The quantitative estimate of drug-likeness (QED) is 0.677. The zero-order valence-corrected chi connectivity index (χ0v) is 9.63. The van der Waals surface area contributed by atoms with Gasteiger partial charge in [0.05, 0.1) is 0 Å². The molecule has 1 fully saturated rings.